The molecule has 2 N–H and O–H groups in total. The quantitative estimate of drug-likeness (QED) is 0.678. The van der Waals surface area contributed by atoms with E-state index in [0.717, 1.165) is 11.3 Å². The van der Waals surface area contributed by atoms with Gasteiger partial charge in [-0.25, -0.2) is 0 Å². The molecule has 3 rings (SSSR count). The molecular weight excluding hydrogens is 246 g/mol. The first-order valence-corrected chi connectivity index (χ1v) is 6.09. The second-order valence-electron chi connectivity index (χ2n) is 4.69. The molecule has 0 spiro atoms. The lowest BCUT2D eigenvalue weighted by molar-refractivity contribution is -0.145. The molecule has 0 aromatic heterocycles. The minimum absolute atomic E-state index is 0.0523. The molecule has 98 valence electrons. The van der Waals surface area contributed by atoms with Crippen LogP contribution in [0.2, 0.25) is 0 Å². The van der Waals surface area contributed by atoms with E-state index in [-0.39, 0.29) is 24.9 Å². The van der Waals surface area contributed by atoms with E-state index >= 15 is 0 Å². The Hall–Kier alpha value is -2.37. The van der Waals surface area contributed by atoms with Crippen molar-refractivity contribution >= 4 is 23.4 Å². The van der Waals surface area contributed by atoms with E-state index in [1.54, 1.807) is 0 Å². The number of rotatable bonds is 1. The highest BCUT2D eigenvalue weighted by Gasteiger charge is 2.35. The summed E-state index contributed by atoms with van der Waals surface area (Å²) in [5, 5.41) is 5.35. The van der Waals surface area contributed by atoms with Crippen LogP contribution in [0.3, 0.4) is 0 Å². The number of hydrogen-bond acceptors (Lipinski definition) is 4. The van der Waals surface area contributed by atoms with Crippen LogP contribution in [0.4, 0.5) is 5.69 Å². The lowest BCUT2D eigenvalue weighted by Gasteiger charge is -2.27. The summed E-state index contributed by atoms with van der Waals surface area (Å²) in [5.41, 5.74) is 1.86. The Morgan fingerprint density at radius 3 is 2.58 bits per heavy atom. The van der Waals surface area contributed by atoms with Gasteiger partial charge in [0, 0.05) is 12.2 Å². The Morgan fingerprint density at radius 1 is 1.16 bits per heavy atom. The largest absolute Gasteiger partial charge is 0.384 e. The summed E-state index contributed by atoms with van der Waals surface area (Å²) in [7, 11) is 0. The second-order valence-corrected chi connectivity index (χ2v) is 4.69. The van der Waals surface area contributed by atoms with Gasteiger partial charge in [-0.05, 0) is 11.6 Å². The number of fused-ring (bicyclic) bond motifs is 1. The number of imide groups is 1. The van der Waals surface area contributed by atoms with Crippen LogP contribution in [0, 0.1) is 0 Å². The van der Waals surface area contributed by atoms with Gasteiger partial charge in [-0.15, -0.1) is 0 Å². The number of nitrogens with one attached hydrogen (secondary N) is 2. The molecule has 1 saturated heterocycles. The van der Waals surface area contributed by atoms with Crippen molar-refractivity contribution in [3.05, 3.63) is 29.8 Å². The highest BCUT2D eigenvalue weighted by molar-refractivity contribution is 6.03. The van der Waals surface area contributed by atoms with E-state index in [0.29, 0.717) is 6.54 Å². The van der Waals surface area contributed by atoms with Gasteiger partial charge in [0.15, 0.2) is 0 Å². The van der Waals surface area contributed by atoms with E-state index in [1.165, 1.54) is 4.90 Å². The van der Waals surface area contributed by atoms with Gasteiger partial charge >= 0.3 is 0 Å². The highest BCUT2D eigenvalue weighted by Crippen LogP contribution is 2.32. The molecule has 6 nitrogen and oxygen atoms in total. The smallest absolute Gasteiger partial charge is 0.246 e. The number of anilines is 1. The molecule has 2 heterocycles. The molecule has 19 heavy (non-hydrogen) atoms. The van der Waals surface area contributed by atoms with Crippen LogP contribution < -0.4 is 10.6 Å². The van der Waals surface area contributed by atoms with Crippen LogP contribution in [0.5, 0.6) is 0 Å². The van der Waals surface area contributed by atoms with Crippen LogP contribution >= 0.6 is 0 Å². The molecule has 2 aliphatic heterocycles. The molecule has 1 aromatic rings. The summed E-state index contributed by atoms with van der Waals surface area (Å²) in [4.78, 5) is 36.3. The van der Waals surface area contributed by atoms with E-state index in [1.807, 2.05) is 24.3 Å². The molecule has 0 aliphatic carbocycles. The van der Waals surface area contributed by atoms with E-state index in [2.05, 4.69) is 10.6 Å². The molecule has 1 unspecified atom stereocenters. The SMILES string of the molecule is O=C1CN(C(=O)C2CNc3ccccc32)CC(=O)N1. The molecule has 6 heteroatoms. The van der Waals surface area contributed by atoms with Crippen molar-refractivity contribution in [3.63, 3.8) is 0 Å². The Kier molecular flexibility index (Phi) is 2.70. The topological polar surface area (TPSA) is 78.5 Å². The minimum atomic E-state index is -0.427. The lowest BCUT2D eigenvalue weighted by atomic mass is 9.99. The maximum atomic E-state index is 12.4. The molecule has 1 aromatic carbocycles. The standard InChI is InChI=1S/C13H13N3O3/c17-11-6-16(7-12(18)15-11)13(19)9-5-14-10-4-2-1-3-8(9)10/h1-4,9,14H,5-7H2,(H,15,17,18). The Labute approximate surface area is 109 Å². The monoisotopic (exact) mass is 259 g/mol. The number of carbonyl (C=O) groups is 3. The molecule has 3 amide bonds. The predicted molar refractivity (Wildman–Crippen MR) is 67.4 cm³/mol. The number of para-hydroxylation sites is 1. The molecule has 1 atom stereocenters. The van der Waals surface area contributed by atoms with Gasteiger partial charge < -0.3 is 10.2 Å². The van der Waals surface area contributed by atoms with Crippen LogP contribution in [-0.2, 0) is 14.4 Å². The molecular formula is C13H13N3O3. The third-order valence-electron chi connectivity index (χ3n) is 3.39. The second kappa shape index (κ2) is 4.38. The van der Waals surface area contributed by atoms with Crippen molar-refractivity contribution in [1.29, 1.82) is 0 Å². The van der Waals surface area contributed by atoms with Crippen molar-refractivity contribution in [2.24, 2.45) is 0 Å². The van der Waals surface area contributed by atoms with E-state index in [9.17, 15) is 14.4 Å². The fourth-order valence-electron chi connectivity index (χ4n) is 2.52. The van der Waals surface area contributed by atoms with Gasteiger partial charge in [0.1, 0.15) is 13.1 Å². The first-order chi connectivity index (χ1) is 9.15. The summed E-state index contributed by atoms with van der Waals surface area (Å²) in [5.74, 6) is -1.36. The molecule has 2 aliphatic rings. The van der Waals surface area contributed by atoms with E-state index in [4.69, 9.17) is 0 Å². The molecule has 0 saturated carbocycles. The van der Waals surface area contributed by atoms with Gasteiger partial charge in [-0.3, -0.25) is 19.7 Å². The van der Waals surface area contributed by atoms with Gasteiger partial charge in [0.2, 0.25) is 17.7 Å². The fraction of sp³-hybridized carbons (Fsp3) is 0.308. The summed E-state index contributed by atoms with van der Waals surface area (Å²) < 4.78 is 0. The lowest BCUT2D eigenvalue weighted by Crippen LogP contribution is -2.54. The first kappa shape index (κ1) is 11.7. The van der Waals surface area contributed by atoms with Crippen LogP contribution in [0.25, 0.3) is 0 Å². The predicted octanol–water partition coefficient (Wildman–Crippen LogP) is -0.319. The van der Waals surface area contributed by atoms with Crippen LogP contribution in [0.1, 0.15) is 11.5 Å². The first-order valence-electron chi connectivity index (χ1n) is 6.09. The summed E-state index contributed by atoms with van der Waals surface area (Å²) >= 11 is 0. The Morgan fingerprint density at radius 2 is 1.84 bits per heavy atom. The number of benzene rings is 1. The molecule has 0 bridgehead atoms. The third kappa shape index (κ3) is 2.05. The zero-order valence-electron chi connectivity index (χ0n) is 10.2. The Balaban J connectivity index is 1.82. The zero-order chi connectivity index (χ0) is 13.4. The normalized spacial score (nSPS) is 21.7. The maximum Gasteiger partial charge on any atom is 0.246 e. The van der Waals surface area contributed by atoms with Crippen molar-refractivity contribution in [1.82, 2.24) is 10.2 Å². The van der Waals surface area contributed by atoms with Gasteiger partial charge in [0.05, 0.1) is 5.92 Å². The van der Waals surface area contributed by atoms with Crippen molar-refractivity contribution in [3.8, 4) is 0 Å². The van der Waals surface area contributed by atoms with E-state index < -0.39 is 11.8 Å². The molecule has 0 radical (unpaired) electrons. The third-order valence-corrected chi connectivity index (χ3v) is 3.39. The highest BCUT2D eigenvalue weighted by atomic mass is 16.2. The van der Waals surface area contributed by atoms with Gasteiger partial charge in [-0.1, -0.05) is 18.2 Å². The average Bonchev–Trinajstić information content (AvgIpc) is 2.80. The van der Waals surface area contributed by atoms with Crippen LogP contribution in [-0.4, -0.2) is 42.3 Å². The van der Waals surface area contributed by atoms with Gasteiger partial charge in [-0.2, -0.15) is 0 Å². The van der Waals surface area contributed by atoms with Crippen molar-refractivity contribution in [2.75, 3.05) is 25.0 Å². The number of nitrogens with zero attached hydrogens (tertiary/aromatic N) is 1. The summed E-state index contributed by atoms with van der Waals surface area (Å²) in [6.07, 6.45) is 0. The maximum absolute atomic E-state index is 12.4. The minimum Gasteiger partial charge on any atom is -0.384 e. The van der Waals surface area contributed by atoms with Crippen molar-refractivity contribution < 1.29 is 14.4 Å². The number of amides is 3. The number of carbonyl (C=O) groups excluding carboxylic acids is 3. The average molecular weight is 259 g/mol. The Bertz CT molecular complexity index is 554. The van der Waals surface area contributed by atoms with Crippen LogP contribution in [0.15, 0.2) is 24.3 Å². The van der Waals surface area contributed by atoms with Gasteiger partial charge in [0.25, 0.3) is 0 Å². The number of piperazine rings is 1. The zero-order valence-corrected chi connectivity index (χ0v) is 10.2. The summed E-state index contributed by atoms with van der Waals surface area (Å²) in [6.45, 7) is 0.400. The van der Waals surface area contributed by atoms with Crippen molar-refractivity contribution in [2.45, 2.75) is 5.92 Å². The molecule has 1 fully saturated rings. The number of hydrogen-bond donors (Lipinski definition) is 2. The fourth-order valence-corrected chi connectivity index (χ4v) is 2.52. The summed E-state index contributed by atoms with van der Waals surface area (Å²) in [6, 6.07) is 7.58.